The summed E-state index contributed by atoms with van der Waals surface area (Å²) in [5.74, 6) is 3.43. The minimum atomic E-state index is -4.95. The minimum absolute atomic E-state index is 0. The third-order valence-corrected chi connectivity index (χ3v) is 1.65. The molecule has 0 nitrogen and oxygen atoms in total. The number of halogens is 3. The number of benzene rings is 1. The minimum Gasteiger partial charge on any atom is -0.438 e. The topological polar surface area (TPSA) is 0 Å². The van der Waals surface area contributed by atoms with E-state index in [0.29, 0.717) is 6.42 Å². The first kappa shape index (κ1) is 15.3. The Morgan fingerprint density at radius 1 is 1.07 bits per heavy atom. The molecule has 0 saturated carbocycles. The molecule has 0 aliphatic heterocycles. The molecule has 15 heavy (non-hydrogen) atoms. The van der Waals surface area contributed by atoms with Crippen LogP contribution < -0.4 is 51.4 Å². The van der Waals surface area contributed by atoms with Crippen LogP contribution in [0.4, 0.5) is 12.9 Å². The Kier molecular flexibility index (Phi) is 7.67. The van der Waals surface area contributed by atoms with Crippen LogP contribution in [0.1, 0.15) is 12.0 Å². The van der Waals surface area contributed by atoms with E-state index >= 15 is 0 Å². The first-order valence-corrected chi connectivity index (χ1v) is 4.31. The van der Waals surface area contributed by atoms with Gasteiger partial charge in [-0.25, -0.2) is 5.82 Å². The zero-order valence-corrected chi connectivity index (χ0v) is 11.6. The standard InChI is InChI=1S/C10H9BF3.K/c12-11(13,14)9-5-4-8-10-6-2-1-3-7-10;/h1-3,6-7H,4,8H2;/q-1;+1. The summed E-state index contributed by atoms with van der Waals surface area (Å²) in [7, 11) is 0. The third kappa shape index (κ3) is 8.12. The van der Waals surface area contributed by atoms with Crippen molar-refractivity contribution in [2.75, 3.05) is 0 Å². The zero-order chi connectivity index (χ0) is 10.4. The van der Waals surface area contributed by atoms with Crippen molar-refractivity contribution in [1.82, 2.24) is 0 Å². The van der Waals surface area contributed by atoms with Gasteiger partial charge < -0.3 is 12.9 Å². The maximum atomic E-state index is 11.7. The monoisotopic (exact) mass is 236 g/mol. The molecule has 74 valence electrons. The number of hydrogen-bond donors (Lipinski definition) is 0. The molecule has 5 heteroatoms. The van der Waals surface area contributed by atoms with Crippen LogP contribution in [0.5, 0.6) is 0 Å². The molecule has 0 spiro atoms. The van der Waals surface area contributed by atoms with Crippen molar-refractivity contribution >= 4 is 6.98 Å². The second-order valence-corrected chi connectivity index (χ2v) is 2.88. The van der Waals surface area contributed by atoms with E-state index in [1.807, 2.05) is 30.3 Å². The van der Waals surface area contributed by atoms with Crippen molar-refractivity contribution in [3.63, 3.8) is 0 Å². The number of rotatable bonds is 2. The van der Waals surface area contributed by atoms with Gasteiger partial charge in [0.1, 0.15) is 0 Å². The van der Waals surface area contributed by atoms with Crippen molar-refractivity contribution in [3.8, 4) is 11.7 Å². The van der Waals surface area contributed by atoms with Crippen molar-refractivity contribution in [1.29, 1.82) is 0 Å². The van der Waals surface area contributed by atoms with Crippen LogP contribution in [0.25, 0.3) is 0 Å². The predicted octanol–water partition coefficient (Wildman–Crippen LogP) is 0.0132. The molecule has 0 bridgehead atoms. The van der Waals surface area contributed by atoms with Crippen molar-refractivity contribution in [2.24, 2.45) is 0 Å². The summed E-state index contributed by atoms with van der Waals surface area (Å²) in [4.78, 5) is 0. The Labute approximate surface area is 130 Å². The molecule has 0 heterocycles. The first-order valence-electron chi connectivity index (χ1n) is 4.31. The van der Waals surface area contributed by atoms with Crippen LogP contribution >= 0.6 is 0 Å². The molecular weight excluding hydrogens is 227 g/mol. The molecule has 0 aliphatic rings. The number of aryl methyl sites for hydroxylation is 1. The van der Waals surface area contributed by atoms with Crippen molar-refractivity contribution < 1.29 is 64.3 Å². The summed E-state index contributed by atoms with van der Waals surface area (Å²) in [5.41, 5.74) is 1.01. The number of hydrogen-bond acceptors (Lipinski definition) is 0. The predicted molar refractivity (Wildman–Crippen MR) is 51.6 cm³/mol. The van der Waals surface area contributed by atoms with E-state index in [1.165, 1.54) is 5.82 Å². The maximum Gasteiger partial charge on any atom is 1.00 e. The van der Waals surface area contributed by atoms with Gasteiger partial charge in [-0.2, -0.15) is 0 Å². The second kappa shape index (κ2) is 7.53. The van der Waals surface area contributed by atoms with Crippen LogP contribution in [0, 0.1) is 11.7 Å². The van der Waals surface area contributed by atoms with E-state index in [2.05, 4.69) is 5.92 Å². The smallest absolute Gasteiger partial charge is 0.438 e. The zero-order valence-electron chi connectivity index (χ0n) is 8.51. The molecule has 0 aliphatic carbocycles. The van der Waals surface area contributed by atoms with Crippen LogP contribution in [0.3, 0.4) is 0 Å². The molecule has 1 aromatic rings. The SMILES string of the molecule is F[B-](F)(F)C#CCCc1ccccc1.[K+]. The van der Waals surface area contributed by atoms with E-state index in [1.54, 1.807) is 0 Å². The van der Waals surface area contributed by atoms with Gasteiger partial charge in [0.2, 0.25) is 0 Å². The molecule has 0 unspecified atom stereocenters. The Balaban J connectivity index is 0.00000196. The van der Waals surface area contributed by atoms with Crippen LogP contribution in [-0.4, -0.2) is 6.98 Å². The normalized spacial score (nSPS) is 9.80. The first-order chi connectivity index (χ1) is 6.58. The average Bonchev–Trinajstić information content (AvgIpc) is 2.13. The summed E-state index contributed by atoms with van der Waals surface area (Å²) >= 11 is 0. The third-order valence-electron chi connectivity index (χ3n) is 1.65. The Bertz CT molecular complexity index is 337. The summed E-state index contributed by atoms with van der Waals surface area (Å²) in [6.45, 7) is -4.95. The summed E-state index contributed by atoms with van der Waals surface area (Å²) < 4.78 is 35.0. The van der Waals surface area contributed by atoms with Gasteiger partial charge >= 0.3 is 58.4 Å². The van der Waals surface area contributed by atoms with E-state index in [0.717, 1.165) is 5.56 Å². The van der Waals surface area contributed by atoms with Crippen molar-refractivity contribution in [2.45, 2.75) is 12.8 Å². The Hall–Kier alpha value is 0.271. The van der Waals surface area contributed by atoms with Gasteiger partial charge in [0.15, 0.2) is 0 Å². The molecule has 0 aromatic heterocycles. The van der Waals surface area contributed by atoms with Gasteiger partial charge in [-0.1, -0.05) is 30.3 Å². The van der Waals surface area contributed by atoms with Gasteiger partial charge in [0.05, 0.1) is 0 Å². The molecule has 0 saturated heterocycles. The van der Waals surface area contributed by atoms with Crippen molar-refractivity contribution in [3.05, 3.63) is 35.9 Å². The van der Waals surface area contributed by atoms with E-state index in [4.69, 9.17) is 0 Å². The Morgan fingerprint density at radius 3 is 2.20 bits per heavy atom. The van der Waals surface area contributed by atoms with Crippen LogP contribution in [0.15, 0.2) is 30.3 Å². The maximum absolute atomic E-state index is 11.7. The quantitative estimate of drug-likeness (QED) is 0.501. The van der Waals surface area contributed by atoms with Gasteiger partial charge in [-0.3, -0.25) is 0 Å². The van der Waals surface area contributed by atoms with Crippen LogP contribution in [0.2, 0.25) is 0 Å². The van der Waals surface area contributed by atoms with E-state index in [9.17, 15) is 12.9 Å². The summed E-state index contributed by atoms with van der Waals surface area (Å²) in [5, 5.41) is 0. The molecular formula is C10H9BF3K. The molecule has 0 atom stereocenters. The van der Waals surface area contributed by atoms with Gasteiger partial charge in [0.25, 0.3) is 0 Å². The fourth-order valence-corrected chi connectivity index (χ4v) is 1.04. The largest absolute Gasteiger partial charge is 1.00 e. The molecule has 0 N–H and O–H groups in total. The van der Waals surface area contributed by atoms with Gasteiger partial charge in [0, 0.05) is 6.42 Å². The fraction of sp³-hybridized carbons (Fsp3) is 0.200. The molecule has 0 fully saturated rings. The van der Waals surface area contributed by atoms with Crippen LogP contribution in [-0.2, 0) is 6.42 Å². The fourth-order valence-electron chi connectivity index (χ4n) is 1.04. The van der Waals surface area contributed by atoms with E-state index < -0.39 is 6.98 Å². The Morgan fingerprint density at radius 2 is 1.67 bits per heavy atom. The van der Waals surface area contributed by atoms with E-state index in [-0.39, 0.29) is 57.8 Å². The summed E-state index contributed by atoms with van der Waals surface area (Å²) in [6.07, 6.45) is 0.825. The molecule has 1 rings (SSSR count). The average molecular weight is 236 g/mol. The summed E-state index contributed by atoms with van der Waals surface area (Å²) in [6, 6.07) is 9.34. The second-order valence-electron chi connectivity index (χ2n) is 2.88. The molecule has 1 aromatic carbocycles. The van der Waals surface area contributed by atoms with Gasteiger partial charge in [-0.15, -0.1) is 5.92 Å². The molecule has 0 radical (unpaired) electrons. The molecule has 0 amide bonds. The van der Waals surface area contributed by atoms with Gasteiger partial charge in [-0.05, 0) is 12.0 Å².